The maximum absolute atomic E-state index is 5.53. The summed E-state index contributed by atoms with van der Waals surface area (Å²) in [5.41, 5.74) is 2.14. The lowest BCUT2D eigenvalue weighted by Gasteiger charge is -2.24. The molecule has 0 N–H and O–H groups in total. The van der Waals surface area contributed by atoms with E-state index in [0.29, 0.717) is 0 Å². The molecular formula is C19H21BrN2O2S. The van der Waals surface area contributed by atoms with Gasteiger partial charge in [0.15, 0.2) is 0 Å². The molecule has 0 unspecified atom stereocenters. The molecule has 2 aromatic carbocycles. The van der Waals surface area contributed by atoms with Gasteiger partial charge in [0, 0.05) is 12.1 Å². The molecule has 0 bridgehead atoms. The van der Waals surface area contributed by atoms with Crippen LogP contribution in [-0.2, 0) is 6.54 Å². The number of halogens is 1. The first kappa shape index (κ1) is 18.2. The standard InChI is InChI=1S/C19H21BrN2O2S/c1-12(19-21-15-7-5-6-8-18(15)25-19)22(2)11-13-9-17(24-4)14(20)10-16(13)23-3/h5-10,12H,11H2,1-4H3/t12-/m1/s1. The van der Waals surface area contributed by atoms with Crippen molar-refractivity contribution in [1.29, 1.82) is 0 Å². The predicted octanol–water partition coefficient (Wildman–Crippen LogP) is 5.27. The first-order valence-electron chi connectivity index (χ1n) is 7.99. The number of aromatic nitrogens is 1. The van der Waals surface area contributed by atoms with Gasteiger partial charge in [-0.15, -0.1) is 11.3 Å². The van der Waals surface area contributed by atoms with Crippen molar-refractivity contribution < 1.29 is 9.47 Å². The number of benzene rings is 2. The molecule has 6 heteroatoms. The number of para-hydroxylation sites is 1. The van der Waals surface area contributed by atoms with Crippen molar-refractivity contribution in [2.24, 2.45) is 0 Å². The minimum atomic E-state index is 0.205. The van der Waals surface area contributed by atoms with Gasteiger partial charge in [0.1, 0.15) is 16.5 Å². The molecule has 25 heavy (non-hydrogen) atoms. The molecule has 4 nitrogen and oxygen atoms in total. The van der Waals surface area contributed by atoms with Crippen LogP contribution in [0.2, 0.25) is 0 Å². The Morgan fingerprint density at radius 1 is 1.16 bits per heavy atom. The fourth-order valence-electron chi connectivity index (χ4n) is 2.71. The Hall–Kier alpha value is -1.63. The molecule has 0 saturated carbocycles. The molecule has 0 spiro atoms. The van der Waals surface area contributed by atoms with Crippen LogP contribution >= 0.6 is 27.3 Å². The number of fused-ring (bicyclic) bond motifs is 1. The van der Waals surface area contributed by atoms with Crippen LogP contribution in [0.25, 0.3) is 10.2 Å². The molecule has 1 aromatic heterocycles. The summed E-state index contributed by atoms with van der Waals surface area (Å²) in [6, 6.07) is 12.4. The van der Waals surface area contributed by atoms with Crippen molar-refractivity contribution in [3.8, 4) is 11.5 Å². The smallest absolute Gasteiger partial charge is 0.133 e. The average molecular weight is 421 g/mol. The van der Waals surface area contributed by atoms with Gasteiger partial charge in [0.25, 0.3) is 0 Å². The molecule has 0 radical (unpaired) electrons. The molecule has 3 rings (SSSR count). The minimum absolute atomic E-state index is 0.205. The van der Waals surface area contributed by atoms with Gasteiger partial charge >= 0.3 is 0 Å². The zero-order valence-electron chi connectivity index (χ0n) is 14.7. The van der Waals surface area contributed by atoms with Gasteiger partial charge in [-0.05, 0) is 54.2 Å². The zero-order valence-corrected chi connectivity index (χ0v) is 17.1. The number of methoxy groups -OCH3 is 2. The monoisotopic (exact) mass is 420 g/mol. The van der Waals surface area contributed by atoms with Gasteiger partial charge in [-0.3, -0.25) is 4.90 Å². The van der Waals surface area contributed by atoms with Crippen LogP contribution in [0, 0.1) is 0 Å². The van der Waals surface area contributed by atoms with E-state index in [0.717, 1.165) is 38.6 Å². The molecular weight excluding hydrogens is 400 g/mol. The molecule has 0 aliphatic rings. The normalized spacial score (nSPS) is 12.6. The second-order valence-electron chi connectivity index (χ2n) is 5.91. The maximum Gasteiger partial charge on any atom is 0.133 e. The predicted molar refractivity (Wildman–Crippen MR) is 107 cm³/mol. The van der Waals surface area contributed by atoms with E-state index >= 15 is 0 Å². The van der Waals surface area contributed by atoms with Gasteiger partial charge in [-0.1, -0.05) is 12.1 Å². The first-order valence-corrected chi connectivity index (χ1v) is 9.60. The van der Waals surface area contributed by atoms with E-state index in [-0.39, 0.29) is 6.04 Å². The molecule has 0 fully saturated rings. The van der Waals surface area contributed by atoms with Crippen molar-refractivity contribution in [2.75, 3.05) is 21.3 Å². The highest BCUT2D eigenvalue weighted by Gasteiger charge is 2.19. The van der Waals surface area contributed by atoms with Crippen molar-refractivity contribution in [2.45, 2.75) is 19.5 Å². The lowest BCUT2D eigenvalue weighted by Crippen LogP contribution is -2.22. The summed E-state index contributed by atoms with van der Waals surface area (Å²) in [7, 11) is 5.46. The first-order chi connectivity index (χ1) is 12.0. The SMILES string of the molecule is COc1cc(CN(C)[C@H](C)c2nc3ccccc3s2)c(OC)cc1Br. The summed E-state index contributed by atoms with van der Waals surface area (Å²) < 4.78 is 13.1. The van der Waals surface area contributed by atoms with Crippen LogP contribution in [-0.4, -0.2) is 31.2 Å². The third-order valence-corrected chi connectivity index (χ3v) is 6.13. The van der Waals surface area contributed by atoms with E-state index < -0.39 is 0 Å². The Bertz CT molecular complexity index is 848. The molecule has 3 aromatic rings. The van der Waals surface area contributed by atoms with Gasteiger partial charge in [0.2, 0.25) is 0 Å². The van der Waals surface area contributed by atoms with Crippen molar-refractivity contribution in [1.82, 2.24) is 9.88 Å². The van der Waals surface area contributed by atoms with E-state index in [4.69, 9.17) is 14.5 Å². The molecule has 132 valence electrons. The quantitative estimate of drug-likeness (QED) is 0.543. The van der Waals surface area contributed by atoms with Gasteiger partial charge in [-0.2, -0.15) is 0 Å². The highest BCUT2D eigenvalue weighted by molar-refractivity contribution is 9.10. The van der Waals surface area contributed by atoms with Crippen LogP contribution in [0.3, 0.4) is 0 Å². The van der Waals surface area contributed by atoms with Gasteiger partial charge in [0.05, 0.1) is 35.0 Å². The molecule has 1 heterocycles. The lowest BCUT2D eigenvalue weighted by atomic mass is 10.1. The van der Waals surface area contributed by atoms with Crippen molar-refractivity contribution in [3.05, 3.63) is 51.4 Å². The van der Waals surface area contributed by atoms with E-state index in [1.165, 1.54) is 4.70 Å². The minimum Gasteiger partial charge on any atom is -0.496 e. The van der Waals surface area contributed by atoms with E-state index in [1.807, 2.05) is 18.2 Å². The summed E-state index contributed by atoms with van der Waals surface area (Å²) in [6.45, 7) is 2.92. The Labute approximate surface area is 160 Å². The number of thiazole rings is 1. The summed E-state index contributed by atoms with van der Waals surface area (Å²) in [5.74, 6) is 1.65. The Balaban J connectivity index is 1.84. The highest BCUT2D eigenvalue weighted by Crippen LogP contribution is 2.35. The Morgan fingerprint density at radius 3 is 2.56 bits per heavy atom. The second-order valence-corrected chi connectivity index (χ2v) is 7.83. The van der Waals surface area contributed by atoms with Crippen LogP contribution in [0.5, 0.6) is 11.5 Å². The summed E-state index contributed by atoms with van der Waals surface area (Å²) in [4.78, 5) is 7.05. The van der Waals surface area contributed by atoms with Crippen LogP contribution < -0.4 is 9.47 Å². The van der Waals surface area contributed by atoms with E-state index in [1.54, 1.807) is 25.6 Å². The number of rotatable bonds is 6. The number of ether oxygens (including phenoxy) is 2. The van der Waals surface area contributed by atoms with Crippen LogP contribution in [0.1, 0.15) is 23.5 Å². The molecule has 0 aliphatic carbocycles. The maximum atomic E-state index is 5.53. The third kappa shape index (κ3) is 3.81. The Kier molecular flexibility index (Phi) is 5.61. The summed E-state index contributed by atoms with van der Waals surface area (Å²) in [6.07, 6.45) is 0. The third-order valence-electron chi connectivity index (χ3n) is 4.30. The van der Waals surface area contributed by atoms with Gasteiger partial charge in [-0.25, -0.2) is 4.98 Å². The summed E-state index contributed by atoms with van der Waals surface area (Å²) >= 11 is 5.25. The molecule has 1 atom stereocenters. The van der Waals surface area contributed by atoms with E-state index in [9.17, 15) is 0 Å². The molecule has 0 saturated heterocycles. The van der Waals surface area contributed by atoms with Gasteiger partial charge < -0.3 is 9.47 Å². The number of nitrogens with zero attached hydrogens (tertiary/aromatic N) is 2. The van der Waals surface area contributed by atoms with Crippen LogP contribution in [0.15, 0.2) is 40.9 Å². The van der Waals surface area contributed by atoms with Crippen molar-refractivity contribution in [3.63, 3.8) is 0 Å². The van der Waals surface area contributed by atoms with Crippen LogP contribution in [0.4, 0.5) is 0 Å². The lowest BCUT2D eigenvalue weighted by molar-refractivity contribution is 0.248. The highest BCUT2D eigenvalue weighted by atomic mass is 79.9. The fourth-order valence-corrected chi connectivity index (χ4v) is 4.28. The molecule has 0 aliphatic heterocycles. The van der Waals surface area contributed by atoms with E-state index in [2.05, 4.69) is 53.0 Å². The average Bonchev–Trinajstić information content (AvgIpc) is 3.06. The zero-order chi connectivity index (χ0) is 18.0. The number of hydrogen-bond acceptors (Lipinski definition) is 5. The molecule has 0 amide bonds. The largest absolute Gasteiger partial charge is 0.496 e. The number of hydrogen-bond donors (Lipinski definition) is 0. The fraction of sp³-hybridized carbons (Fsp3) is 0.316. The Morgan fingerprint density at radius 2 is 1.88 bits per heavy atom. The topological polar surface area (TPSA) is 34.6 Å². The second kappa shape index (κ2) is 7.72. The summed E-state index contributed by atoms with van der Waals surface area (Å²) in [5, 5.41) is 1.12. The van der Waals surface area contributed by atoms with Crippen molar-refractivity contribution >= 4 is 37.5 Å².